The fraction of sp³-hybridized carbons (Fsp3) is 0.529. The van der Waals surface area contributed by atoms with Crippen molar-refractivity contribution in [3.63, 3.8) is 0 Å². The molecule has 0 aliphatic carbocycles. The molecule has 2 rings (SSSR count). The Morgan fingerprint density at radius 3 is 2.60 bits per heavy atom. The third-order valence-electron chi connectivity index (χ3n) is 4.04. The minimum Gasteiger partial charge on any atom is -0.343 e. The minimum atomic E-state index is -0.176. The zero-order valence-electron chi connectivity index (χ0n) is 12.1. The van der Waals surface area contributed by atoms with Crippen molar-refractivity contribution in [2.75, 3.05) is 13.1 Å². The van der Waals surface area contributed by atoms with Crippen molar-refractivity contribution in [2.24, 2.45) is 11.8 Å². The van der Waals surface area contributed by atoms with Crippen LogP contribution in [-0.4, -0.2) is 23.9 Å². The Balaban J connectivity index is 1.78. The van der Waals surface area contributed by atoms with Crippen LogP contribution in [0.1, 0.15) is 31.7 Å². The predicted molar refractivity (Wildman–Crippen MR) is 78.8 cm³/mol. The molecule has 106 valence electrons. The average Bonchev–Trinajstić information content (AvgIpc) is 2.49. The van der Waals surface area contributed by atoms with E-state index in [1.54, 1.807) is 6.92 Å². The van der Waals surface area contributed by atoms with Gasteiger partial charge in [-0.15, -0.1) is 0 Å². The quantitative estimate of drug-likeness (QED) is 0.844. The summed E-state index contributed by atoms with van der Waals surface area (Å²) in [6.45, 7) is 3.49. The van der Waals surface area contributed by atoms with Gasteiger partial charge in [-0.25, -0.2) is 0 Å². The summed E-state index contributed by atoms with van der Waals surface area (Å²) >= 11 is 0. The third kappa shape index (κ3) is 4.09. The number of hydrogen-bond acceptors (Lipinski definition) is 2. The van der Waals surface area contributed by atoms with Gasteiger partial charge in [-0.1, -0.05) is 30.3 Å². The molecule has 1 unspecified atom stereocenters. The number of amides is 1. The molecule has 3 nitrogen and oxygen atoms in total. The van der Waals surface area contributed by atoms with Crippen molar-refractivity contribution in [1.29, 1.82) is 5.26 Å². The van der Waals surface area contributed by atoms with Crippen molar-refractivity contribution < 1.29 is 4.79 Å². The second-order valence-corrected chi connectivity index (χ2v) is 5.75. The molecule has 1 atom stereocenters. The number of hydrogen-bond donors (Lipinski definition) is 0. The van der Waals surface area contributed by atoms with Crippen LogP contribution in [0.25, 0.3) is 0 Å². The first-order chi connectivity index (χ1) is 9.69. The number of nitrogens with zero attached hydrogens (tertiary/aromatic N) is 2. The lowest BCUT2D eigenvalue weighted by molar-refractivity contribution is -0.133. The molecule has 1 aliphatic heterocycles. The lowest BCUT2D eigenvalue weighted by Gasteiger charge is -2.32. The van der Waals surface area contributed by atoms with Gasteiger partial charge in [0.05, 0.1) is 12.0 Å². The second-order valence-electron chi connectivity index (χ2n) is 5.75. The van der Waals surface area contributed by atoms with E-state index in [0.717, 1.165) is 32.4 Å². The molecule has 0 bridgehead atoms. The smallest absolute Gasteiger partial charge is 0.223 e. The van der Waals surface area contributed by atoms with Crippen molar-refractivity contribution in [2.45, 2.75) is 32.6 Å². The van der Waals surface area contributed by atoms with Gasteiger partial charge in [0, 0.05) is 19.5 Å². The van der Waals surface area contributed by atoms with E-state index in [0.29, 0.717) is 12.3 Å². The summed E-state index contributed by atoms with van der Waals surface area (Å²) in [5, 5.41) is 8.77. The number of rotatable bonds is 4. The van der Waals surface area contributed by atoms with Gasteiger partial charge >= 0.3 is 0 Å². The van der Waals surface area contributed by atoms with E-state index in [2.05, 4.69) is 30.3 Å². The largest absolute Gasteiger partial charge is 0.343 e. The molecule has 1 amide bonds. The Morgan fingerprint density at radius 2 is 2.00 bits per heavy atom. The van der Waals surface area contributed by atoms with Gasteiger partial charge in [0.25, 0.3) is 0 Å². The summed E-state index contributed by atoms with van der Waals surface area (Å²) in [6, 6.07) is 12.7. The molecule has 1 heterocycles. The van der Waals surface area contributed by atoms with Gasteiger partial charge in [0.1, 0.15) is 0 Å². The normalized spacial score (nSPS) is 17.5. The average molecular weight is 270 g/mol. The molecule has 1 fully saturated rings. The van der Waals surface area contributed by atoms with Gasteiger partial charge in [-0.3, -0.25) is 4.79 Å². The zero-order chi connectivity index (χ0) is 14.4. The summed E-state index contributed by atoms with van der Waals surface area (Å²) in [5.41, 5.74) is 1.38. The molecule has 20 heavy (non-hydrogen) atoms. The molecule has 1 aliphatic rings. The second kappa shape index (κ2) is 7.09. The Bertz CT molecular complexity index is 470. The molecule has 1 saturated heterocycles. The van der Waals surface area contributed by atoms with E-state index in [4.69, 9.17) is 5.26 Å². The predicted octanol–water partition coefficient (Wildman–Crippen LogP) is 3.02. The molecular weight excluding hydrogens is 248 g/mol. The number of benzene rings is 1. The maximum absolute atomic E-state index is 12.0. The van der Waals surface area contributed by atoms with E-state index in [1.807, 2.05) is 11.0 Å². The van der Waals surface area contributed by atoms with Crippen molar-refractivity contribution in [3.05, 3.63) is 35.9 Å². The highest BCUT2D eigenvalue weighted by atomic mass is 16.2. The molecule has 0 spiro atoms. The topological polar surface area (TPSA) is 44.1 Å². The number of carbonyl (C=O) groups is 1. The van der Waals surface area contributed by atoms with Gasteiger partial charge in [0.2, 0.25) is 5.91 Å². The lowest BCUT2D eigenvalue weighted by atomic mass is 9.90. The Kier molecular flexibility index (Phi) is 5.17. The van der Waals surface area contributed by atoms with Crippen LogP contribution in [-0.2, 0) is 11.2 Å². The van der Waals surface area contributed by atoms with E-state index >= 15 is 0 Å². The van der Waals surface area contributed by atoms with Crippen LogP contribution in [0.4, 0.5) is 0 Å². The number of likely N-dealkylation sites (tertiary alicyclic amines) is 1. The Labute approximate surface area is 121 Å². The maximum Gasteiger partial charge on any atom is 0.223 e. The standard InChI is InChI=1S/C17H22N2O/c1-14(13-18)11-17(20)19-9-7-16(8-10-19)12-15-5-3-2-4-6-15/h2-6,14,16H,7-12H2,1H3. The van der Waals surface area contributed by atoms with Gasteiger partial charge < -0.3 is 4.90 Å². The number of nitriles is 1. The molecule has 0 saturated carbocycles. The maximum atomic E-state index is 12.0. The SMILES string of the molecule is CC(C#N)CC(=O)N1CCC(Cc2ccccc2)CC1. The lowest BCUT2D eigenvalue weighted by Crippen LogP contribution is -2.39. The van der Waals surface area contributed by atoms with Gasteiger partial charge in [-0.05, 0) is 37.7 Å². The zero-order valence-corrected chi connectivity index (χ0v) is 12.1. The first-order valence-electron chi connectivity index (χ1n) is 7.40. The van der Waals surface area contributed by atoms with Crippen LogP contribution in [0.15, 0.2) is 30.3 Å². The highest BCUT2D eigenvalue weighted by Gasteiger charge is 2.23. The van der Waals surface area contributed by atoms with Crippen LogP contribution in [0, 0.1) is 23.2 Å². The van der Waals surface area contributed by atoms with E-state index in [1.165, 1.54) is 5.56 Å². The Hall–Kier alpha value is -1.82. The summed E-state index contributed by atoms with van der Waals surface area (Å²) in [6.07, 6.45) is 3.61. The van der Waals surface area contributed by atoms with Crippen LogP contribution in [0.5, 0.6) is 0 Å². The van der Waals surface area contributed by atoms with Crippen LogP contribution < -0.4 is 0 Å². The fourth-order valence-corrected chi connectivity index (χ4v) is 2.77. The molecule has 1 aromatic carbocycles. The van der Waals surface area contributed by atoms with Gasteiger partial charge in [-0.2, -0.15) is 5.26 Å². The molecular formula is C17H22N2O. The minimum absolute atomic E-state index is 0.136. The van der Waals surface area contributed by atoms with Gasteiger partial charge in [0.15, 0.2) is 0 Å². The summed E-state index contributed by atoms with van der Waals surface area (Å²) in [5.74, 6) is 0.636. The fourth-order valence-electron chi connectivity index (χ4n) is 2.77. The highest BCUT2D eigenvalue weighted by Crippen LogP contribution is 2.22. The molecule has 3 heteroatoms. The molecule has 0 radical (unpaired) electrons. The van der Waals surface area contributed by atoms with E-state index < -0.39 is 0 Å². The monoisotopic (exact) mass is 270 g/mol. The summed E-state index contributed by atoms with van der Waals surface area (Å²) < 4.78 is 0. The van der Waals surface area contributed by atoms with E-state index in [9.17, 15) is 4.79 Å². The summed E-state index contributed by atoms with van der Waals surface area (Å²) in [7, 11) is 0. The van der Waals surface area contributed by atoms with Crippen molar-refractivity contribution in [3.8, 4) is 6.07 Å². The van der Waals surface area contributed by atoms with Crippen LogP contribution in [0.2, 0.25) is 0 Å². The molecule has 0 N–H and O–H groups in total. The number of carbonyl (C=O) groups excluding carboxylic acids is 1. The van der Waals surface area contributed by atoms with Crippen molar-refractivity contribution >= 4 is 5.91 Å². The third-order valence-corrected chi connectivity index (χ3v) is 4.04. The summed E-state index contributed by atoms with van der Waals surface area (Å²) in [4.78, 5) is 13.9. The first-order valence-corrected chi connectivity index (χ1v) is 7.40. The highest BCUT2D eigenvalue weighted by molar-refractivity contribution is 5.76. The Morgan fingerprint density at radius 1 is 1.35 bits per heavy atom. The number of piperidine rings is 1. The van der Waals surface area contributed by atoms with E-state index in [-0.39, 0.29) is 11.8 Å². The van der Waals surface area contributed by atoms with Crippen LogP contribution in [0.3, 0.4) is 0 Å². The molecule has 1 aromatic rings. The van der Waals surface area contributed by atoms with Crippen LogP contribution >= 0.6 is 0 Å². The first kappa shape index (κ1) is 14.6. The molecule has 0 aromatic heterocycles. The van der Waals surface area contributed by atoms with Crippen molar-refractivity contribution in [1.82, 2.24) is 4.90 Å².